The van der Waals surface area contributed by atoms with Crippen LogP contribution < -0.4 is 0 Å². The van der Waals surface area contributed by atoms with Gasteiger partial charge in [0.05, 0.1) is 11.6 Å². The minimum absolute atomic E-state index is 0.194. The van der Waals surface area contributed by atoms with E-state index in [0.717, 1.165) is 61.6 Å². The van der Waals surface area contributed by atoms with Gasteiger partial charge in [-0.1, -0.05) is 72.3 Å². The summed E-state index contributed by atoms with van der Waals surface area (Å²) in [6.45, 7) is 5.66. The molecule has 180 valence electrons. The van der Waals surface area contributed by atoms with Crippen LogP contribution in [0.25, 0.3) is 10.9 Å². The molecule has 1 saturated heterocycles. The van der Waals surface area contributed by atoms with Crippen molar-refractivity contribution in [2.45, 2.75) is 19.0 Å². The van der Waals surface area contributed by atoms with Crippen molar-refractivity contribution in [2.24, 2.45) is 0 Å². The van der Waals surface area contributed by atoms with Crippen LogP contribution in [-0.2, 0) is 6.54 Å². The third-order valence-corrected chi connectivity index (χ3v) is 7.22. The smallest absolute Gasteiger partial charge is 0.337 e. The minimum atomic E-state index is -0.875. The van der Waals surface area contributed by atoms with E-state index in [2.05, 4.69) is 56.8 Å². The van der Waals surface area contributed by atoms with Gasteiger partial charge in [0.15, 0.2) is 0 Å². The van der Waals surface area contributed by atoms with Crippen LogP contribution in [0.15, 0.2) is 85.1 Å². The lowest BCUT2D eigenvalue weighted by atomic mass is 9.97. The molecule has 5 rings (SSSR count). The average Bonchev–Trinajstić information content (AvgIpc) is 3.10. The Labute approximate surface area is 211 Å². The number of hydrogen-bond acceptors (Lipinski definition) is 3. The number of nitrogens with zero attached hydrogens (tertiary/aromatic N) is 3. The van der Waals surface area contributed by atoms with Gasteiger partial charge in [-0.3, -0.25) is 4.90 Å². The molecule has 2 heterocycles. The maximum atomic E-state index is 11.7. The molecular weight excluding hydrogens is 458 g/mol. The first-order chi connectivity index (χ1) is 17.1. The zero-order valence-electron chi connectivity index (χ0n) is 19.7. The van der Waals surface area contributed by atoms with E-state index >= 15 is 0 Å². The van der Waals surface area contributed by atoms with Crippen LogP contribution in [0.3, 0.4) is 0 Å². The van der Waals surface area contributed by atoms with Crippen molar-refractivity contribution in [3.05, 3.63) is 107 Å². The molecule has 6 heteroatoms. The fraction of sp³-hybridized carbons (Fsp3) is 0.276. The molecule has 0 saturated carbocycles. The molecule has 0 bridgehead atoms. The Morgan fingerprint density at radius 1 is 0.829 bits per heavy atom. The van der Waals surface area contributed by atoms with Gasteiger partial charge < -0.3 is 14.6 Å². The molecule has 1 aromatic heterocycles. The first kappa shape index (κ1) is 23.6. The van der Waals surface area contributed by atoms with Gasteiger partial charge in [-0.2, -0.15) is 0 Å². The summed E-state index contributed by atoms with van der Waals surface area (Å²) in [4.78, 5) is 16.8. The van der Waals surface area contributed by atoms with Gasteiger partial charge in [0.25, 0.3) is 0 Å². The predicted octanol–water partition coefficient (Wildman–Crippen LogP) is 5.79. The van der Waals surface area contributed by atoms with Gasteiger partial charge in [0.2, 0.25) is 0 Å². The monoisotopic (exact) mass is 487 g/mol. The quantitative estimate of drug-likeness (QED) is 0.358. The number of carboxylic acids is 1. The number of fused-ring (bicyclic) bond motifs is 1. The van der Waals surface area contributed by atoms with Gasteiger partial charge in [-0.05, 0) is 42.3 Å². The summed E-state index contributed by atoms with van der Waals surface area (Å²) in [6, 6.07) is 26.9. The molecule has 0 radical (unpaired) electrons. The highest BCUT2D eigenvalue weighted by Crippen LogP contribution is 2.30. The molecule has 5 nitrogen and oxygen atoms in total. The maximum absolute atomic E-state index is 11.7. The summed E-state index contributed by atoms with van der Waals surface area (Å²) < 4.78 is 2.09. The zero-order chi connectivity index (χ0) is 24.2. The van der Waals surface area contributed by atoms with E-state index in [1.165, 1.54) is 11.1 Å². The van der Waals surface area contributed by atoms with Crippen LogP contribution in [0, 0.1) is 0 Å². The minimum Gasteiger partial charge on any atom is -0.478 e. The van der Waals surface area contributed by atoms with Crippen molar-refractivity contribution in [2.75, 3.05) is 32.7 Å². The molecule has 1 aliphatic rings. The van der Waals surface area contributed by atoms with Gasteiger partial charge >= 0.3 is 5.97 Å². The lowest BCUT2D eigenvalue weighted by molar-refractivity contribution is 0.0698. The summed E-state index contributed by atoms with van der Waals surface area (Å²) in [6.07, 6.45) is 2.87. The summed E-state index contributed by atoms with van der Waals surface area (Å²) >= 11 is 6.18. The molecule has 0 amide bonds. The predicted molar refractivity (Wildman–Crippen MR) is 141 cm³/mol. The van der Waals surface area contributed by atoms with Gasteiger partial charge in [0, 0.05) is 54.8 Å². The van der Waals surface area contributed by atoms with Crippen molar-refractivity contribution in [3.8, 4) is 0 Å². The molecule has 4 aromatic rings. The number of carbonyl (C=O) groups is 1. The Balaban J connectivity index is 1.30. The van der Waals surface area contributed by atoms with E-state index in [-0.39, 0.29) is 6.04 Å². The highest BCUT2D eigenvalue weighted by atomic mass is 35.5. The van der Waals surface area contributed by atoms with Gasteiger partial charge in [0.1, 0.15) is 0 Å². The van der Waals surface area contributed by atoms with Crippen LogP contribution in [0.4, 0.5) is 0 Å². The number of aromatic carboxylic acids is 1. The van der Waals surface area contributed by atoms with Crippen molar-refractivity contribution < 1.29 is 9.90 Å². The van der Waals surface area contributed by atoms with E-state index in [9.17, 15) is 9.90 Å². The second-order valence-electron chi connectivity index (χ2n) is 9.15. The number of rotatable bonds is 7. The van der Waals surface area contributed by atoms with Crippen LogP contribution >= 0.6 is 11.6 Å². The molecule has 1 aliphatic heterocycles. The van der Waals surface area contributed by atoms with Crippen LogP contribution in [0.1, 0.15) is 33.9 Å². The number of aromatic nitrogens is 1. The Hall–Kier alpha value is -3.12. The standard InChI is InChI=1S/C29H30ClN3O2/c30-24-13-11-23(12-14-24)28(22-7-2-1-3-8-22)32-16-6-15-31(17-19-32)18-20-33-21-26(29(34)35)25-9-4-5-10-27(25)33/h1-5,7-14,21,28H,6,15-20H2,(H,34,35). The van der Waals surface area contributed by atoms with Crippen molar-refractivity contribution in [1.29, 1.82) is 0 Å². The molecule has 1 unspecified atom stereocenters. The molecular formula is C29H30ClN3O2. The zero-order valence-corrected chi connectivity index (χ0v) is 20.4. The Morgan fingerprint density at radius 3 is 2.31 bits per heavy atom. The molecule has 1 N–H and O–H groups in total. The second-order valence-corrected chi connectivity index (χ2v) is 9.59. The van der Waals surface area contributed by atoms with Crippen LogP contribution in [0.2, 0.25) is 5.02 Å². The highest BCUT2D eigenvalue weighted by Gasteiger charge is 2.25. The van der Waals surface area contributed by atoms with Gasteiger partial charge in [-0.25, -0.2) is 4.79 Å². The average molecular weight is 488 g/mol. The largest absolute Gasteiger partial charge is 0.478 e. The third kappa shape index (κ3) is 5.27. The van der Waals surface area contributed by atoms with Crippen molar-refractivity contribution >= 4 is 28.5 Å². The lowest BCUT2D eigenvalue weighted by Crippen LogP contribution is -2.35. The molecule has 3 aromatic carbocycles. The summed E-state index contributed by atoms with van der Waals surface area (Å²) in [7, 11) is 0. The highest BCUT2D eigenvalue weighted by molar-refractivity contribution is 6.30. The number of halogens is 1. The SMILES string of the molecule is O=C(O)c1cn(CCN2CCCN(C(c3ccccc3)c3ccc(Cl)cc3)CC2)c2ccccc12. The van der Waals surface area contributed by atoms with Crippen LogP contribution in [0.5, 0.6) is 0 Å². The van der Waals surface area contributed by atoms with E-state index < -0.39 is 5.97 Å². The van der Waals surface area contributed by atoms with E-state index in [1.54, 1.807) is 6.20 Å². The van der Waals surface area contributed by atoms with Gasteiger partial charge in [-0.15, -0.1) is 0 Å². The number of benzene rings is 3. The summed E-state index contributed by atoms with van der Waals surface area (Å²) in [5.41, 5.74) is 3.90. The molecule has 1 atom stereocenters. The van der Waals surface area contributed by atoms with Crippen LogP contribution in [-0.4, -0.2) is 58.2 Å². The van der Waals surface area contributed by atoms with E-state index in [1.807, 2.05) is 36.4 Å². The van der Waals surface area contributed by atoms with Crippen molar-refractivity contribution in [1.82, 2.24) is 14.4 Å². The Kier molecular flexibility index (Phi) is 7.19. The number of carboxylic acid groups (broad SMARTS) is 1. The number of hydrogen-bond donors (Lipinski definition) is 1. The fourth-order valence-corrected chi connectivity index (χ4v) is 5.34. The molecule has 35 heavy (non-hydrogen) atoms. The number of para-hydroxylation sites is 1. The Morgan fingerprint density at radius 2 is 1.54 bits per heavy atom. The van der Waals surface area contributed by atoms with Crippen molar-refractivity contribution in [3.63, 3.8) is 0 Å². The first-order valence-corrected chi connectivity index (χ1v) is 12.6. The molecule has 0 spiro atoms. The molecule has 1 fully saturated rings. The fourth-order valence-electron chi connectivity index (χ4n) is 5.22. The normalized spacial score (nSPS) is 16.3. The van der Waals surface area contributed by atoms with E-state index in [4.69, 9.17) is 11.6 Å². The van der Waals surface area contributed by atoms with E-state index in [0.29, 0.717) is 5.56 Å². The first-order valence-electron chi connectivity index (χ1n) is 12.2. The topological polar surface area (TPSA) is 48.7 Å². The maximum Gasteiger partial charge on any atom is 0.337 e. The summed E-state index contributed by atoms with van der Waals surface area (Å²) in [5.74, 6) is -0.875. The second kappa shape index (κ2) is 10.6. The molecule has 0 aliphatic carbocycles. The lowest BCUT2D eigenvalue weighted by Gasteiger charge is -2.31. The summed E-state index contributed by atoms with van der Waals surface area (Å²) in [5, 5.41) is 11.2. The third-order valence-electron chi connectivity index (χ3n) is 6.97. The Bertz CT molecular complexity index is 1290.